The Morgan fingerprint density at radius 2 is 2.09 bits per heavy atom. The van der Waals surface area contributed by atoms with Gasteiger partial charge in [-0.05, 0) is 18.6 Å². The number of furan rings is 1. The summed E-state index contributed by atoms with van der Waals surface area (Å²) in [5.41, 5.74) is 0.741. The summed E-state index contributed by atoms with van der Waals surface area (Å²) in [6, 6.07) is 14.0. The molecule has 0 bridgehead atoms. The third-order valence-electron chi connectivity index (χ3n) is 4.32. The van der Waals surface area contributed by atoms with E-state index in [1.807, 2.05) is 42.5 Å². The Labute approximate surface area is 133 Å². The quantitative estimate of drug-likeness (QED) is 0.772. The van der Waals surface area contributed by atoms with Gasteiger partial charge in [-0.3, -0.25) is 4.90 Å². The van der Waals surface area contributed by atoms with Gasteiger partial charge in [0.05, 0.1) is 12.7 Å². The highest BCUT2D eigenvalue weighted by molar-refractivity contribution is 5.57. The van der Waals surface area contributed by atoms with Gasteiger partial charge in [-0.1, -0.05) is 30.3 Å². The number of β-amino-alcohol motifs (C(OH)–C–C–N with tert-alkyl or cyclic N) is 1. The van der Waals surface area contributed by atoms with Gasteiger partial charge in [0.25, 0.3) is 0 Å². The van der Waals surface area contributed by atoms with Crippen LogP contribution in [-0.2, 0) is 12.1 Å². The molecule has 0 saturated carbocycles. The highest BCUT2D eigenvalue weighted by atomic mass is 16.3. The van der Waals surface area contributed by atoms with Crippen LogP contribution in [0.1, 0.15) is 17.9 Å². The van der Waals surface area contributed by atoms with Crippen molar-refractivity contribution in [1.29, 1.82) is 0 Å². The lowest BCUT2D eigenvalue weighted by Gasteiger charge is -2.20. The van der Waals surface area contributed by atoms with E-state index in [4.69, 9.17) is 4.42 Å². The van der Waals surface area contributed by atoms with Crippen LogP contribution in [0, 0.1) is 0 Å². The van der Waals surface area contributed by atoms with E-state index in [9.17, 15) is 5.11 Å². The van der Waals surface area contributed by atoms with Crippen molar-refractivity contribution in [3.05, 3.63) is 60.1 Å². The number of likely N-dealkylation sites (tertiary alicyclic amines) is 1. The lowest BCUT2D eigenvalue weighted by atomic mass is 10.0. The van der Waals surface area contributed by atoms with E-state index in [0.29, 0.717) is 25.2 Å². The summed E-state index contributed by atoms with van der Waals surface area (Å²) >= 11 is 0. The molecule has 0 spiro atoms. The number of nitrogens with one attached hydrogen (secondary N) is 1. The first-order valence-corrected chi connectivity index (χ1v) is 7.68. The van der Waals surface area contributed by atoms with Crippen LogP contribution < -0.4 is 0 Å². The zero-order valence-corrected chi connectivity index (χ0v) is 12.6. The largest absolute Gasteiger partial charge is 0.460 e. The lowest BCUT2D eigenvalue weighted by molar-refractivity contribution is 0.0402. The number of nitrogens with zero attached hydrogens (tertiary/aromatic N) is 3. The van der Waals surface area contributed by atoms with E-state index in [2.05, 4.69) is 20.3 Å². The summed E-state index contributed by atoms with van der Waals surface area (Å²) < 4.78 is 5.93. The molecular weight excluding hydrogens is 292 g/mol. The molecule has 118 valence electrons. The minimum Gasteiger partial charge on any atom is -0.460 e. The minimum atomic E-state index is -0.929. The van der Waals surface area contributed by atoms with Crippen LogP contribution in [0.4, 0.5) is 0 Å². The smallest absolute Gasteiger partial charge is 0.134 e. The Morgan fingerprint density at radius 1 is 1.22 bits per heavy atom. The molecule has 6 nitrogen and oxygen atoms in total. The maximum atomic E-state index is 10.7. The third-order valence-corrected chi connectivity index (χ3v) is 4.32. The molecule has 4 rings (SSSR count). The molecule has 1 aliphatic rings. The number of aromatic nitrogens is 3. The summed E-state index contributed by atoms with van der Waals surface area (Å²) in [4.78, 5) is 2.17. The molecule has 6 heteroatoms. The topological polar surface area (TPSA) is 78.2 Å². The second kappa shape index (κ2) is 5.64. The molecule has 3 heterocycles. The predicted molar refractivity (Wildman–Crippen MR) is 84.3 cm³/mol. The van der Waals surface area contributed by atoms with E-state index < -0.39 is 5.60 Å². The van der Waals surface area contributed by atoms with E-state index in [1.54, 1.807) is 6.20 Å². The second-order valence-corrected chi connectivity index (χ2v) is 5.98. The SMILES string of the molecule is O[C@]1(c2cn[nH]n2)CCN(Cc2ccc(-c3ccccc3)o2)C1. The van der Waals surface area contributed by atoms with Crippen LogP contribution in [0.5, 0.6) is 0 Å². The van der Waals surface area contributed by atoms with Gasteiger partial charge in [-0.15, -0.1) is 0 Å². The van der Waals surface area contributed by atoms with Gasteiger partial charge in [0.15, 0.2) is 0 Å². The highest BCUT2D eigenvalue weighted by Crippen LogP contribution is 2.31. The molecule has 0 radical (unpaired) electrons. The maximum absolute atomic E-state index is 10.7. The van der Waals surface area contributed by atoms with Crippen molar-refractivity contribution < 1.29 is 9.52 Å². The molecule has 2 N–H and O–H groups in total. The number of hydrogen-bond acceptors (Lipinski definition) is 5. The number of H-pyrrole nitrogens is 1. The molecular formula is C17H18N4O2. The highest BCUT2D eigenvalue weighted by Gasteiger charge is 2.39. The van der Waals surface area contributed by atoms with Crippen molar-refractivity contribution in [1.82, 2.24) is 20.3 Å². The molecule has 3 aromatic rings. The van der Waals surface area contributed by atoms with Crippen LogP contribution in [0.2, 0.25) is 0 Å². The second-order valence-electron chi connectivity index (χ2n) is 5.98. The average Bonchev–Trinajstić information content (AvgIpc) is 3.30. The number of hydrogen-bond donors (Lipinski definition) is 2. The van der Waals surface area contributed by atoms with Gasteiger partial charge in [-0.2, -0.15) is 15.4 Å². The standard InChI is InChI=1S/C17H18N4O2/c22-17(16-10-18-20-19-16)8-9-21(12-17)11-14-6-7-15(23-14)13-4-2-1-3-5-13/h1-7,10,22H,8-9,11-12H2,(H,18,19,20)/t17-/m1/s1. The summed E-state index contributed by atoms with van der Waals surface area (Å²) in [5, 5.41) is 21.1. The molecule has 0 aliphatic carbocycles. The Kier molecular flexibility index (Phi) is 3.48. The maximum Gasteiger partial charge on any atom is 0.134 e. The number of benzene rings is 1. The van der Waals surface area contributed by atoms with Crippen LogP contribution >= 0.6 is 0 Å². The van der Waals surface area contributed by atoms with Crippen molar-refractivity contribution in [2.24, 2.45) is 0 Å². The predicted octanol–water partition coefficient (Wildman–Crippen LogP) is 2.16. The van der Waals surface area contributed by atoms with Gasteiger partial charge in [0.2, 0.25) is 0 Å². The van der Waals surface area contributed by atoms with Crippen molar-refractivity contribution >= 4 is 0 Å². The van der Waals surface area contributed by atoms with Gasteiger partial charge in [0.1, 0.15) is 22.8 Å². The van der Waals surface area contributed by atoms with Gasteiger partial charge in [-0.25, -0.2) is 0 Å². The van der Waals surface area contributed by atoms with Crippen molar-refractivity contribution in [3.8, 4) is 11.3 Å². The molecule has 2 aromatic heterocycles. The first-order chi connectivity index (χ1) is 11.2. The van der Waals surface area contributed by atoms with Gasteiger partial charge >= 0.3 is 0 Å². The van der Waals surface area contributed by atoms with Gasteiger partial charge in [0, 0.05) is 18.7 Å². The van der Waals surface area contributed by atoms with Crippen molar-refractivity contribution in [3.63, 3.8) is 0 Å². The summed E-state index contributed by atoms with van der Waals surface area (Å²) in [7, 11) is 0. The molecule has 1 atom stereocenters. The fourth-order valence-corrected chi connectivity index (χ4v) is 3.08. The molecule has 1 fully saturated rings. The van der Waals surface area contributed by atoms with E-state index >= 15 is 0 Å². The van der Waals surface area contributed by atoms with Crippen LogP contribution in [0.15, 0.2) is 53.1 Å². The Bertz CT molecular complexity index is 769. The summed E-state index contributed by atoms with van der Waals surface area (Å²) in [5.74, 6) is 1.76. The summed E-state index contributed by atoms with van der Waals surface area (Å²) in [6.07, 6.45) is 2.23. The molecule has 0 amide bonds. The molecule has 1 saturated heterocycles. The Balaban J connectivity index is 1.45. The Hall–Kier alpha value is -2.44. The first-order valence-electron chi connectivity index (χ1n) is 7.68. The van der Waals surface area contributed by atoms with E-state index in [0.717, 1.165) is 23.6 Å². The monoisotopic (exact) mass is 310 g/mol. The molecule has 1 aromatic carbocycles. The normalized spacial score (nSPS) is 21.8. The summed E-state index contributed by atoms with van der Waals surface area (Å²) in [6.45, 7) is 2.00. The fourth-order valence-electron chi connectivity index (χ4n) is 3.08. The minimum absolute atomic E-state index is 0.529. The van der Waals surface area contributed by atoms with Gasteiger partial charge < -0.3 is 9.52 Å². The molecule has 23 heavy (non-hydrogen) atoms. The van der Waals surface area contributed by atoms with E-state index in [-0.39, 0.29) is 0 Å². The zero-order chi connectivity index (χ0) is 15.7. The first kappa shape index (κ1) is 14.2. The molecule has 0 unspecified atom stereocenters. The number of aromatic amines is 1. The van der Waals surface area contributed by atoms with Crippen molar-refractivity contribution in [2.75, 3.05) is 13.1 Å². The lowest BCUT2D eigenvalue weighted by Crippen LogP contribution is -2.30. The Morgan fingerprint density at radius 3 is 2.87 bits per heavy atom. The van der Waals surface area contributed by atoms with Crippen LogP contribution in [0.3, 0.4) is 0 Å². The van der Waals surface area contributed by atoms with Crippen LogP contribution in [0.25, 0.3) is 11.3 Å². The molecule has 1 aliphatic heterocycles. The van der Waals surface area contributed by atoms with E-state index in [1.165, 1.54) is 0 Å². The zero-order valence-electron chi connectivity index (χ0n) is 12.6. The van der Waals surface area contributed by atoms with Crippen molar-refractivity contribution in [2.45, 2.75) is 18.6 Å². The number of rotatable bonds is 4. The third kappa shape index (κ3) is 2.78. The van der Waals surface area contributed by atoms with Crippen LogP contribution in [-0.4, -0.2) is 38.5 Å². The fraction of sp³-hybridized carbons (Fsp3) is 0.294. The number of aliphatic hydroxyl groups is 1. The average molecular weight is 310 g/mol.